The predicted molar refractivity (Wildman–Crippen MR) is 118 cm³/mol. The molecule has 0 radical (unpaired) electrons. The van der Waals surface area contributed by atoms with E-state index in [1.54, 1.807) is 35.9 Å². The first-order valence-corrected chi connectivity index (χ1v) is 9.85. The number of hydrogen-bond donors (Lipinski definition) is 1. The van der Waals surface area contributed by atoms with Crippen molar-refractivity contribution in [2.45, 2.75) is 26.8 Å². The van der Waals surface area contributed by atoms with Gasteiger partial charge in [0.05, 0.1) is 11.9 Å². The standard InChI is InChI=1S/C23H21N5O3/c1-15(29)17-7-6-8-18(13-17)26-21(30)11-12-27-16(2)25-22-20(23(27)31)14-24-28(22)19-9-4-3-5-10-19/h3-10,13-14H,11-12H2,1-2H3,(H,26,30). The highest BCUT2D eigenvalue weighted by atomic mass is 16.2. The minimum Gasteiger partial charge on any atom is -0.326 e. The van der Waals surface area contributed by atoms with Crippen LogP contribution in [0.2, 0.25) is 0 Å². The minimum atomic E-state index is -0.257. The molecule has 31 heavy (non-hydrogen) atoms. The number of aromatic nitrogens is 4. The maximum absolute atomic E-state index is 13.0. The van der Waals surface area contributed by atoms with E-state index >= 15 is 0 Å². The van der Waals surface area contributed by atoms with Crippen LogP contribution in [0.3, 0.4) is 0 Å². The molecule has 4 rings (SSSR count). The van der Waals surface area contributed by atoms with Gasteiger partial charge in [0, 0.05) is 24.2 Å². The van der Waals surface area contributed by atoms with Crippen molar-refractivity contribution in [2.24, 2.45) is 0 Å². The fraction of sp³-hybridized carbons (Fsp3) is 0.174. The first kappa shape index (κ1) is 20.2. The van der Waals surface area contributed by atoms with Crippen LogP contribution in [0.25, 0.3) is 16.7 Å². The normalized spacial score (nSPS) is 10.9. The van der Waals surface area contributed by atoms with Gasteiger partial charge in [-0.25, -0.2) is 9.67 Å². The fourth-order valence-corrected chi connectivity index (χ4v) is 3.38. The summed E-state index contributed by atoms with van der Waals surface area (Å²) in [5.41, 5.74) is 2.12. The number of amides is 1. The van der Waals surface area contributed by atoms with Gasteiger partial charge in [-0.1, -0.05) is 30.3 Å². The van der Waals surface area contributed by atoms with Crippen molar-refractivity contribution in [3.8, 4) is 5.69 Å². The SMILES string of the molecule is CC(=O)c1cccc(NC(=O)CCn2c(C)nc3c(cnn3-c3ccccc3)c2=O)c1. The van der Waals surface area contributed by atoms with E-state index in [2.05, 4.69) is 15.4 Å². The Labute approximate surface area is 178 Å². The molecule has 0 spiro atoms. The van der Waals surface area contributed by atoms with Gasteiger partial charge in [-0.05, 0) is 38.1 Å². The van der Waals surface area contributed by atoms with Crippen LogP contribution in [0.5, 0.6) is 0 Å². The molecule has 0 saturated carbocycles. The highest BCUT2D eigenvalue weighted by Gasteiger charge is 2.15. The Morgan fingerprint density at radius 1 is 1.06 bits per heavy atom. The number of nitrogens with one attached hydrogen (secondary N) is 1. The summed E-state index contributed by atoms with van der Waals surface area (Å²) in [6.45, 7) is 3.39. The number of aryl methyl sites for hydroxylation is 1. The van der Waals surface area contributed by atoms with Crippen LogP contribution in [-0.2, 0) is 11.3 Å². The van der Waals surface area contributed by atoms with E-state index in [1.165, 1.54) is 17.7 Å². The third-order valence-corrected chi connectivity index (χ3v) is 4.99. The molecule has 8 nitrogen and oxygen atoms in total. The molecule has 2 aromatic heterocycles. The van der Waals surface area contributed by atoms with Crippen molar-refractivity contribution in [2.75, 3.05) is 5.32 Å². The lowest BCUT2D eigenvalue weighted by Crippen LogP contribution is -2.26. The van der Waals surface area contributed by atoms with Crippen molar-refractivity contribution in [1.29, 1.82) is 0 Å². The van der Waals surface area contributed by atoms with Crippen LogP contribution in [0, 0.1) is 6.92 Å². The molecule has 0 aliphatic carbocycles. The monoisotopic (exact) mass is 415 g/mol. The molecule has 0 aliphatic rings. The molecule has 1 N–H and O–H groups in total. The molecule has 2 heterocycles. The number of hydrogen-bond acceptors (Lipinski definition) is 5. The Balaban J connectivity index is 1.54. The summed E-state index contributed by atoms with van der Waals surface area (Å²) in [6.07, 6.45) is 1.59. The smallest absolute Gasteiger partial charge is 0.264 e. The number of rotatable bonds is 6. The Kier molecular flexibility index (Phi) is 5.44. The molecule has 8 heteroatoms. The third-order valence-electron chi connectivity index (χ3n) is 4.99. The topological polar surface area (TPSA) is 98.9 Å². The van der Waals surface area contributed by atoms with Crippen LogP contribution in [0.15, 0.2) is 65.6 Å². The largest absolute Gasteiger partial charge is 0.326 e. The lowest BCUT2D eigenvalue weighted by atomic mass is 10.1. The predicted octanol–water partition coefficient (Wildman–Crippen LogP) is 3.12. The Morgan fingerprint density at radius 3 is 2.58 bits per heavy atom. The zero-order valence-electron chi connectivity index (χ0n) is 17.2. The minimum absolute atomic E-state index is 0.0753. The summed E-state index contributed by atoms with van der Waals surface area (Å²) in [6, 6.07) is 16.2. The van der Waals surface area contributed by atoms with Crippen molar-refractivity contribution in [3.05, 3.63) is 82.5 Å². The molecule has 0 saturated heterocycles. The summed E-state index contributed by atoms with van der Waals surface area (Å²) >= 11 is 0. The molecule has 0 atom stereocenters. The quantitative estimate of drug-likeness (QED) is 0.488. The highest BCUT2D eigenvalue weighted by molar-refractivity contribution is 5.97. The first-order chi connectivity index (χ1) is 14.9. The average Bonchev–Trinajstić information content (AvgIpc) is 3.18. The second kappa shape index (κ2) is 8.35. The van der Waals surface area contributed by atoms with Crippen LogP contribution in [0.4, 0.5) is 5.69 Å². The van der Waals surface area contributed by atoms with Crippen molar-refractivity contribution in [3.63, 3.8) is 0 Å². The molecule has 2 aromatic carbocycles. The first-order valence-electron chi connectivity index (χ1n) is 9.85. The van der Waals surface area contributed by atoms with E-state index in [0.717, 1.165) is 5.69 Å². The van der Waals surface area contributed by atoms with E-state index in [1.807, 2.05) is 30.3 Å². The Bertz CT molecular complexity index is 1340. The number of nitrogens with zero attached hydrogens (tertiary/aromatic N) is 4. The fourth-order valence-electron chi connectivity index (χ4n) is 3.38. The zero-order valence-corrected chi connectivity index (χ0v) is 17.2. The van der Waals surface area contributed by atoms with Crippen LogP contribution in [0.1, 0.15) is 29.5 Å². The molecule has 0 bridgehead atoms. The molecular formula is C23H21N5O3. The van der Waals surface area contributed by atoms with E-state index in [9.17, 15) is 14.4 Å². The number of carbonyl (C=O) groups is 2. The van der Waals surface area contributed by atoms with Gasteiger partial charge in [0.1, 0.15) is 11.2 Å². The number of para-hydroxylation sites is 1. The van der Waals surface area contributed by atoms with Gasteiger partial charge in [0.25, 0.3) is 5.56 Å². The summed E-state index contributed by atoms with van der Waals surface area (Å²) in [4.78, 5) is 41.4. The summed E-state index contributed by atoms with van der Waals surface area (Å²) in [7, 11) is 0. The average molecular weight is 415 g/mol. The van der Waals surface area contributed by atoms with Crippen LogP contribution >= 0.6 is 0 Å². The van der Waals surface area contributed by atoms with E-state index in [-0.39, 0.29) is 30.2 Å². The number of carbonyl (C=O) groups excluding carboxylic acids is 2. The highest BCUT2D eigenvalue weighted by Crippen LogP contribution is 2.15. The van der Waals surface area contributed by atoms with Gasteiger partial charge < -0.3 is 5.32 Å². The molecule has 4 aromatic rings. The van der Waals surface area contributed by atoms with E-state index in [0.29, 0.717) is 28.1 Å². The number of ketones is 1. The van der Waals surface area contributed by atoms with E-state index in [4.69, 9.17) is 0 Å². The lowest BCUT2D eigenvalue weighted by Gasteiger charge is -2.11. The zero-order chi connectivity index (χ0) is 22.0. The summed E-state index contributed by atoms with van der Waals surface area (Å²) in [5, 5.41) is 7.47. The number of benzene rings is 2. The van der Waals surface area contributed by atoms with Gasteiger partial charge in [-0.3, -0.25) is 19.0 Å². The van der Waals surface area contributed by atoms with Gasteiger partial charge >= 0.3 is 0 Å². The number of anilines is 1. The summed E-state index contributed by atoms with van der Waals surface area (Å²) < 4.78 is 3.10. The molecular weight excluding hydrogens is 394 g/mol. The van der Waals surface area contributed by atoms with Gasteiger partial charge in [-0.2, -0.15) is 5.10 Å². The van der Waals surface area contributed by atoms with Crippen molar-refractivity contribution >= 4 is 28.4 Å². The molecule has 0 fully saturated rings. The van der Waals surface area contributed by atoms with Crippen molar-refractivity contribution in [1.82, 2.24) is 19.3 Å². The second-order valence-corrected chi connectivity index (χ2v) is 7.18. The Morgan fingerprint density at radius 2 is 1.84 bits per heavy atom. The maximum atomic E-state index is 13.0. The van der Waals surface area contributed by atoms with Crippen LogP contribution < -0.4 is 10.9 Å². The number of Topliss-reactive ketones (excluding diaryl/α,β-unsaturated/α-hetero) is 1. The van der Waals surface area contributed by atoms with Gasteiger partial charge in [0.15, 0.2) is 11.4 Å². The molecule has 0 unspecified atom stereocenters. The van der Waals surface area contributed by atoms with Gasteiger partial charge in [0.2, 0.25) is 5.91 Å². The van der Waals surface area contributed by atoms with Crippen LogP contribution in [-0.4, -0.2) is 31.0 Å². The van der Waals surface area contributed by atoms with Crippen molar-refractivity contribution < 1.29 is 9.59 Å². The summed E-state index contributed by atoms with van der Waals surface area (Å²) in [5.74, 6) is 0.169. The van der Waals surface area contributed by atoms with Gasteiger partial charge in [-0.15, -0.1) is 0 Å². The van der Waals surface area contributed by atoms with E-state index < -0.39 is 0 Å². The second-order valence-electron chi connectivity index (χ2n) is 7.18. The lowest BCUT2D eigenvalue weighted by molar-refractivity contribution is -0.116. The molecule has 1 amide bonds. The number of fused-ring (bicyclic) bond motifs is 1. The Hall–Kier alpha value is -4.07. The maximum Gasteiger partial charge on any atom is 0.264 e. The molecule has 156 valence electrons. The third kappa shape index (κ3) is 4.13. The molecule has 0 aliphatic heterocycles.